The first-order chi connectivity index (χ1) is 10.0. The summed E-state index contributed by atoms with van der Waals surface area (Å²) in [5.41, 5.74) is 0. The van der Waals surface area contributed by atoms with Gasteiger partial charge in [-0.1, -0.05) is 18.2 Å². The fourth-order valence-corrected chi connectivity index (χ4v) is 3.41. The first-order valence-corrected chi connectivity index (χ1v) is 8.64. The monoisotopic (exact) mass is 324 g/mol. The highest BCUT2D eigenvalue weighted by Crippen LogP contribution is 2.23. The summed E-state index contributed by atoms with van der Waals surface area (Å²) >= 11 is 3.88. The lowest BCUT2D eigenvalue weighted by Gasteiger charge is -2.10. The predicted molar refractivity (Wildman–Crippen MR) is 84.9 cm³/mol. The molecule has 0 heterocycles. The van der Waals surface area contributed by atoms with Crippen LogP contribution in [0.5, 0.6) is 11.5 Å². The van der Waals surface area contributed by atoms with E-state index in [9.17, 15) is 13.5 Å². The molecular formula is C15H16O4S2. The molecule has 2 aromatic carbocycles. The third-order valence-corrected chi connectivity index (χ3v) is 5.02. The standard InChI is InChI=1S/C15H16O4S2/c16-12(10-20)11-21(17,18)15-8-6-14(7-9-15)19-13-4-2-1-3-5-13/h1-9,12,16,20H,10-11H2. The number of para-hydroxylation sites is 1. The molecular weight excluding hydrogens is 308 g/mol. The lowest BCUT2D eigenvalue weighted by atomic mass is 10.3. The molecule has 0 aliphatic heterocycles. The Morgan fingerprint density at radius 1 is 1.00 bits per heavy atom. The Morgan fingerprint density at radius 2 is 1.57 bits per heavy atom. The number of thiol groups is 1. The largest absolute Gasteiger partial charge is 0.457 e. The van der Waals surface area contributed by atoms with Crippen molar-refractivity contribution in [1.29, 1.82) is 0 Å². The molecule has 21 heavy (non-hydrogen) atoms. The van der Waals surface area contributed by atoms with Crippen molar-refractivity contribution in [2.75, 3.05) is 11.5 Å². The number of rotatable bonds is 6. The van der Waals surface area contributed by atoms with Crippen molar-refractivity contribution in [3.05, 3.63) is 54.6 Å². The molecule has 112 valence electrons. The number of aliphatic hydroxyl groups excluding tert-OH is 1. The van der Waals surface area contributed by atoms with Crippen LogP contribution in [0.2, 0.25) is 0 Å². The number of aliphatic hydroxyl groups is 1. The van der Waals surface area contributed by atoms with Crippen molar-refractivity contribution in [3.63, 3.8) is 0 Å². The van der Waals surface area contributed by atoms with Crippen molar-refractivity contribution >= 4 is 22.5 Å². The SMILES string of the molecule is O=S(=O)(CC(O)CS)c1ccc(Oc2ccccc2)cc1. The maximum atomic E-state index is 12.0. The lowest BCUT2D eigenvalue weighted by molar-refractivity contribution is 0.223. The minimum atomic E-state index is -3.52. The van der Waals surface area contributed by atoms with Crippen LogP contribution in [0, 0.1) is 0 Å². The van der Waals surface area contributed by atoms with Crippen LogP contribution in [0.4, 0.5) is 0 Å². The van der Waals surface area contributed by atoms with E-state index in [0.717, 1.165) is 0 Å². The van der Waals surface area contributed by atoms with Crippen LogP contribution >= 0.6 is 12.6 Å². The Labute approximate surface area is 129 Å². The molecule has 1 unspecified atom stereocenters. The Hall–Kier alpha value is -1.50. The summed E-state index contributed by atoms with van der Waals surface area (Å²) in [7, 11) is -3.52. The minimum absolute atomic E-state index is 0.106. The van der Waals surface area contributed by atoms with Crippen molar-refractivity contribution in [1.82, 2.24) is 0 Å². The molecule has 1 atom stereocenters. The minimum Gasteiger partial charge on any atom is -0.457 e. The van der Waals surface area contributed by atoms with Gasteiger partial charge in [-0.15, -0.1) is 0 Å². The highest BCUT2D eigenvalue weighted by atomic mass is 32.2. The summed E-state index contributed by atoms with van der Waals surface area (Å²) in [6, 6.07) is 15.3. The van der Waals surface area contributed by atoms with Crippen LogP contribution in [-0.4, -0.2) is 31.1 Å². The van der Waals surface area contributed by atoms with Crippen molar-refractivity contribution in [2.45, 2.75) is 11.0 Å². The summed E-state index contributed by atoms with van der Waals surface area (Å²) in [5.74, 6) is 0.998. The van der Waals surface area contributed by atoms with Gasteiger partial charge in [0.05, 0.1) is 16.8 Å². The molecule has 0 radical (unpaired) electrons. The highest BCUT2D eigenvalue weighted by Gasteiger charge is 2.18. The van der Waals surface area contributed by atoms with Gasteiger partial charge in [0.2, 0.25) is 0 Å². The van der Waals surface area contributed by atoms with Crippen molar-refractivity contribution < 1.29 is 18.3 Å². The quantitative estimate of drug-likeness (QED) is 0.802. The van der Waals surface area contributed by atoms with Gasteiger partial charge in [0.25, 0.3) is 0 Å². The van der Waals surface area contributed by atoms with Crippen LogP contribution < -0.4 is 4.74 Å². The molecule has 0 bridgehead atoms. The van der Waals surface area contributed by atoms with E-state index in [1.807, 2.05) is 30.3 Å². The fraction of sp³-hybridized carbons (Fsp3) is 0.200. The smallest absolute Gasteiger partial charge is 0.180 e. The number of sulfone groups is 1. The predicted octanol–water partition coefficient (Wildman–Crippen LogP) is 2.54. The van der Waals surface area contributed by atoms with Gasteiger partial charge in [0, 0.05) is 5.75 Å². The number of hydrogen-bond acceptors (Lipinski definition) is 5. The molecule has 0 saturated carbocycles. The van der Waals surface area contributed by atoms with Gasteiger partial charge in [-0.2, -0.15) is 12.6 Å². The van der Waals surface area contributed by atoms with Crippen molar-refractivity contribution in [3.8, 4) is 11.5 Å². The molecule has 0 amide bonds. The van der Waals surface area contributed by atoms with E-state index < -0.39 is 15.9 Å². The van der Waals surface area contributed by atoms with Crippen LogP contribution in [0.15, 0.2) is 59.5 Å². The Morgan fingerprint density at radius 3 is 2.14 bits per heavy atom. The molecule has 0 aliphatic carbocycles. The second-order valence-corrected chi connectivity index (χ2v) is 6.90. The maximum Gasteiger partial charge on any atom is 0.180 e. The first-order valence-electron chi connectivity index (χ1n) is 6.36. The Balaban J connectivity index is 2.12. The van der Waals surface area contributed by atoms with E-state index in [4.69, 9.17) is 4.74 Å². The average molecular weight is 324 g/mol. The first kappa shape index (κ1) is 15.9. The van der Waals surface area contributed by atoms with E-state index in [1.54, 1.807) is 12.1 Å². The lowest BCUT2D eigenvalue weighted by Crippen LogP contribution is -2.22. The zero-order chi connectivity index (χ0) is 15.3. The van der Waals surface area contributed by atoms with Gasteiger partial charge < -0.3 is 9.84 Å². The molecule has 4 nitrogen and oxygen atoms in total. The van der Waals surface area contributed by atoms with Crippen LogP contribution in [0.1, 0.15) is 0 Å². The molecule has 6 heteroatoms. The maximum absolute atomic E-state index is 12.0. The molecule has 0 saturated heterocycles. The Kier molecular flexibility index (Phi) is 5.27. The third kappa shape index (κ3) is 4.49. The molecule has 0 aliphatic rings. The number of benzene rings is 2. The fourth-order valence-electron chi connectivity index (χ4n) is 1.74. The molecule has 2 aromatic rings. The summed E-state index contributed by atoms with van der Waals surface area (Å²) in [6.45, 7) is 0. The van der Waals surface area contributed by atoms with E-state index in [1.165, 1.54) is 12.1 Å². The van der Waals surface area contributed by atoms with E-state index in [-0.39, 0.29) is 16.4 Å². The van der Waals surface area contributed by atoms with E-state index in [0.29, 0.717) is 11.5 Å². The normalized spacial score (nSPS) is 12.9. The zero-order valence-electron chi connectivity index (χ0n) is 11.2. The second kappa shape index (κ2) is 6.98. The van der Waals surface area contributed by atoms with Crippen LogP contribution in [0.3, 0.4) is 0 Å². The van der Waals surface area contributed by atoms with Gasteiger partial charge in [-0.05, 0) is 36.4 Å². The molecule has 2 rings (SSSR count). The van der Waals surface area contributed by atoms with Gasteiger partial charge >= 0.3 is 0 Å². The van der Waals surface area contributed by atoms with Gasteiger partial charge in [-0.3, -0.25) is 0 Å². The summed E-state index contributed by atoms with van der Waals surface area (Å²) in [4.78, 5) is 0.156. The van der Waals surface area contributed by atoms with Crippen molar-refractivity contribution in [2.24, 2.45) is 0 Å². The zero-order valence-corrected chi connectivity index (χ0v) is 12.9. The van der Waals surface area contributed by atoms with Gasteiger partial charge in [0.1, 0.15) is 11.5 Å². The van der Waals surface area contributed by atoms with Gasteiger partial charge in [0.15, 0.2) is 9.84 Å². The Bertz CT molecular complexity index is 667. The third-order valence-electron chi connectivity index (χ3n) is 2.78. The highest BCUT2D eigenvalue weighted by molar-refractivity contribution is 7.91. The van der Waals surface area contributed by atoms with Crippen LogP contribution in [0.25, 0.3) is 0 Å². The summed E-state index contributed by atoms with van der Waals surface area (Å²) < 4.78 is 29.7. The number of hydrogen-bond donors (Lipinski definition) is 2. The molecule has 0 spiro atoms. The number of ether oxygens (including phenoxy) is 1. The molecule has 1 N–H and O–H groups in total. The molecule has 0 aromatic heterocycles. The second-order valence-electron chi connectivity index (χ2n) is 4.50. The topological polar surface area (TPSA) is 63.6 Å². The van der Waals surface area contributed by atoms with Gasteiger partial charge in [-0.25, -0.2) is 8.42 Å². The van der Waals surface area contributed by atoms with E-state index in [2.05, 4.69) is 12.6 Å². The average Bonchev–Trinajstić information content (AvgIpc) is 2.48. The summed E-state index contributed by atoms with van der Waals surface area (Å²) in [5, 5.41) is 9.42. The van der Waals surface area contributed by atoms with Crippen LogP contribution in [-0.2, 0) is 9.84 Å². The van der Waals surface area contributed by atoms with E-state index >= 15 is 0 Å². The molecule has 0 fully saturated rings. The summed E-state index contributed by atoms with van der Waals surface area (Å²) in [6.07, 6.45) is -0.974.